The Labute approximate surface area is 125 Å². The average molecular weight is 339 g/mol. The first-order valence-corrected chi connectivity index (χ1v) is 7.18. The van der Waals surface area contributed by atoms with E-state index in [4.69, 9.17) is 14.2 Å². The van der Waals surface area contributed by atoms with Crippen LogP contribution in [0.25, 0.3) is 11.1 Å². The molecule has 0 unspecified atom stereocenters. The molecule has 20 heavy (non-hydrogen) atoms. The second-order valence-electron chi connectivity index (χ2n) is 4.52. The van der Waals surface area contributed by atoms with E-state index < -0.39 is 0 Å². The van der Waals surface area contributed by atoms with Crippen molar-refractivity contribution in [3.8, 4) is 22.6 Å². The molecule has 2 heterocycles. The molecule has 2 aromatic rings. The standard InChI is InChI=1S/C14H15BrN2O3/c1-18-4-2-3-17-8-10(7-16-17)11-5-13-14(6-12(11)15)20-9-19-13/h5-8H,2-4,9H2,1H3. The zero-order valence-corrected chi connectivity index (χ0v) is 12.7. The van der Waals surface area contributed by atoms with E-state index in [0.717, 1.165) is 46.7 Å². The van der Waals surface area contributed by atoms with Crippen LogP contribution < -0.4 is 9.47 Å². The van der Waals surface area contributed by atoms with Crippen LogP contribution >= 0.6 is 15.9 Å². The molecule has 1 aliphatic rings. The van der Waals surface area contributed by atoms with Gasteiger partial charge in [-0.1, -0.05) is 15.9 Å². The molecule has 0 atom stereocenters. The lowest BCUT2D eigenvalue weighted by molar-refractivity contribution is 0.174. The predicted molar refractivity (Wildman–Crippen MR) is 78.0 cm³/mol. The van der Waals surface area contributed by atoms with Crippen molar-refractivity contribution in [2.75, 3.05) is 20.5 Å². The van der Waals surface area contributed by atoms with Crippen LogP contribution in [-0.4, -0.2) is 30.3 Å². The number of benzene rings is 1. The maximum absolute atomic E-state index is 5.42. The highest BCUT2D eigenvalue weighted by Crippen LogP contribution is 2.40. The zero-order chi connectivity index (χ0) is 13.9. The van der Waals surface area contributed by atoms with Crippen molar-refractivity contribution in [3.63, 3.8) is 0 Å². The molecular weight excluding hydrogens is 324 g/mol. The highest BCUT2D eigenvalue weighted by Gasteiger charge is 2.17. The first-order chi connectivity index (χ1) is 9.78. The topological polar surface area (TPSA) is 45.5 Å². The van der Waals surface area contributed by atoms with Crippen molar-refractivity contribution in [1.82, 2.24) is 9.78 Å². The number of halogens is 1. The molecule has 106 valence electrons. The van der Waals surface area contributed by atoms with Gasteiger partial charge < -0.3 is 14.2 Å². The molecule has 5 nitrogen and oxygen atoms in total. The molecule has 1 aromatic heterocycles. The first-order valence-electron chi connectivity index (χ1n) is 6.39. The van der Waals surface area contributed by atoms with Crippen LogP contribution in [0, 0.1) is 0 Å². The third-order valence-corrected chi connectivity index (χ3v) is 3.80. The monoisotopic (exact) mass is 338 g/mol. The van der Waals surface area contributed by atoms with Crippen LogP contribution in [0.15, 0.2) is 29.0 Å². The quantitative estimate of drug-likeness (QED) is 0.786. The van der Waals surface area contributed by atoms with Gasteiger partial charge in [0.05, 0.1) is 6.20 Å². The fourth-order valence-electron chi connectivity index (χ4n) is 2.13. The SMILES string of the molecule is COCCCn1cc(-c2cc3c(cc2Br)OCO3)cn1. The maximum Gasteiger partial charge on any atom is 0.231 e. The number of aryl methyl sites for hydroxylation is 1. The molecule has 0 radical (unpaired) electrons. The molecular formula is C14H15BrN2O3. The molecule has 6 heteroatoms. The summed E-state index contributed by atoms with van der Waals surface area (Å²) >= 11 is 3.57. The summed E-state index contributed by atoms with van der Waals surface area (Å²) in [6.45, 7) is 1.86. The molecule has 3 rings (SSSR count). The molecule has 0 saturated heterocycles. The van der Waals surface area contributed by atoms with E-state index in [1.165, 1.54) is 0 Å². The van der Waals surface area contributed by atoms with Gasteiger partial charge in [0.1, 0.15) is 0 Å². The number of hydrogen-bond acceptors (Lipinski definition) is 4. The summed E-state index contributed by atoms with van der Waals surface area (Å²) in [7, 11) is 1.71. The Balaban J connectivity index is 1.82. The van der Waals surface area contributed by atoms with E-state index in [9.17, 15) is 0 Å². The van der Waals surface area contributed by atoms with Gasteiger partial charge in [0.2, 0.25) is 6.79 Å². The van der Waals surface area contributed by atoms with Gasteiger partial charge in [0, 0.05) is 42.1 Å². The Morgan fingerprint density at radius 3 is 2.95 bits per heavy atom. The van der Waals surface area contributed by atoms with Crippen molar-refractivity contribution in [2.45, 2.75) is 13.0 Å². The third-order valence-electron chi connectivity index (χ3n) is 3.14. The number of methoxy groups -OCH3 is 1. The van der Waals surface area contributed by atoms with Crippen molar-refractivity contribution in [1.29, 1.82) is 0 Å². The largest absolute Gasteiger partial charge is 0.454 e. The summed E-state index contributed by atoms with van der Waals surface area (Å²) < 4.78 is 18.7. The number of fused-ring (bicyclic) bond motifs is 1. The number of ether oxygens (including phenoxy) is 3. The highest BCUT2D eigenvalue weighted by atomic mass is 79.9. The number of aromatic nitrogens is 2. The lowest BCUT2D eigenvalue weighted by Gasteiger charge is -2.04. The van der Waals surface area contributed by atoms with E-state index in [1.807, 2.05) is 29.2 Å². The van der Waals surface area contributed by atoms with Crippen molar-refractivity contribution < 1.29 is 14.2 Å². The van der Waals surface area contributed by atoms with Crippen molar-refractivity contribution in [2.24, 2.45) is 0 Å². The van der Waals surface area contributed by atoms with Crippen molar-refractivity contribution >= 4 is 15.9 Å². The smallest absolute Gasteiger partial charge is 0.231 e. The number of hydrogen-bond donors (Lipinski definition) is 0. The van der Waals surface area contributed by atoms with E-state index in [-0.39, 0.29) is 6.79 Å². The van der Waals surface area contributed by atoms with E-state index in [0.29, 0.717) is 0 Å². The number of rotatable bonds is 5. The van der Waals surface area contributed by atoms with Crippen LogP contribution in [0.4, 0.5) is 0 Å². The zero-order valence-electron chi connectivity index (χ0n) is 11.1. The van der Waals surface area contributed by atoms with E-state index in [2.05, 4.69) is 21.0 Å². The second-order valence-corrected chi connectivity index (χ2v) is 5.38. The van der Waals surface area contributed by atoms with Gasteiger partial charge in [-0.3, -0.25) is 4.68 Å². The lowest BCUT2D eigenvalue weighted by Crippen LogP contribution is -2.01. The summed E-state index contributed by atoms with van der Waals surface area (Å²) in [6, 6.07) is 3.91. The van der Waals surface area contributed by atoms with E-state index >= 15 is 0 Å². The van der Waals surface area contributed by atoms with Gasteiger partial charge in [0.25, 0.3) is 0 Å². The lowest BCUT2D eigenvalue weighted by atomic mass is 10.1. The summed E-state index contributed by atoms with van der Waals surface area (Å²) in [5.74, 6) is 1.54. The Morgan fingerprint density at radius 2 is 2.15 bits per heavy atom. The Bertz CT molecular complexity index is 612. The molecule has 0 aliphatic carbocycles. The summed E-state index contributed by atoms with van der Waals surface area (Å²) in [4.78, 5) is 0. The molecule has 1 aliphatic heterocycles. The average Bonchev–Trinajstić information content (AvgIpc) is 3.06. The van der Waals surface area contributed by atoms with Gasteiger partial charge in [-0.15, -0.1) is 0 Å². The summed E-state index contributed by atoms with van der Waals surface area (Å²) in [6.07, 6.45) is 4.83. The predicted octanol–water partition coefficient (Wildman–Crippen LogP) is 3.08. The van der Waals surface area contributed by atoms with Crippen molar-refractivity contribution in [3.05, 3.63) is 29.0 Å². The van der Waals surface area contributed by atoms with Crippen LogP contribution in [0.5, 0.6) is 11.5 Å². The minimum absolute atomic E-state index is 0.279. The normalized spacial score (nSPS) is 12.9. The fourth-order valence-corrected chi connectivity index (χ4v) is 2.69. The molecule has 0 amide bonds. The molecule has 0 N–H and O–H groups in total. The van der Waals surface area contributed by atoms with Crippen LogP contribution in [0.3, 0.4) is 0 Å². The van der Waals surface area contributed by atoms with Gasteiger partial charge >= 0.3 is 0 Å². The molecule has 0 spiro atoms. The van der Waals surface area contributed by atoms with Gasteiger partial charge in [0.15, 0.2) is 11.5 Å². The highest BCUT2D eigenvalue weighted by molar-refractivity contribution is 9.10. The maximum atomic E-state index is 5.42. The van der Waals surface area contributed by atoms with Gasteiger partial charge in [-0.25, -0.2) is 0 Å². The third kappa shape index (κ3) is 2.66. The number of nitrogens with zero attached hydrogens (tertiary/aromatic N) is 2. The summed E-state index contributed by atoms with van der Waals surface area (Å²) in [5.41, 5.74) is 2.10. The second kappa shape index (κ2) is 5.85. The molecule has 1 aromatic carbocycles. The molecule has 0 fully saturated rings. The molecule has 0 bridgehead atoms. The fraction of sp³-hybridized carbons (Fsp3) is 0.357. The van der Waals surface area contributed by atoms with E-state index in [1.54, 1.807) is 7.11 Å². The van der Waals surface area contributed by atoms with Crippen LogP contribution in [0.1, 0.15) is 6.42 Å². The Kier molecular flexibility index (Phi) is 3.93. The Morgan fingerprint density at radius 1 is 1.35 bits per heavy atom. The summed E-state index contributed by atoms with van der Waals surface area (Å²) in [5, 5.41) is 4.37. The molecule has 0 saturated carbocycles. The van der Waals surface area contributed by atoms with Gasteiger partial charge in [-0.2, -0.15) is 5.10 Å². The minimum Gasteiger partial charge on any atom is -0.454 e. The van der Waals surface area contributed by atoms with Crippen LogP contribution in [0.2, 0.25) is 0 Å². The first kappa shape index (κ1) is 13.5. The van der Waals surface area contributed by atoms with Gasteiger partial charge in [-0.05, 0) is 18.6 Å². The van der Waals surface area contributed by atoms with Crippen LogP contribution in [-0.2, 0) is 11.3 Å². The minimum atomic E-state index is 0.279. The Hall–Kier alpha value is -1.53.